The van der Waals surface area contributed by atoms with Crippen molar-refractivity contribution in [3.05, 3.63) is 53.1 Å². The Balaban J connectivity index is 1.86. The molecule has 3 N–H and O–H groups in total. The maximum Gasteiger partial charge on any atom is 0.259 e. The molecule has 1 amide bonds. The van der Waals surface area contributed by atoms with E-state index in [9.17, 15) is 9.90 Å². The van der Waals surface area contributed by atoms with E-state index in [2.05, 4.69) is 15.8 Å². The number of nitrogens with zero attached hydrogens (tertiary/aromatic N) is 1. The molecule has 2 aromatic rings. The summed E-state index contributed by atoms with van der Waals surface area (Å²) in [7, 11) is 1.52. The number of carbonyl (C=O) groups excluding carboxylic acids is 1. The van der Waals surface area contributed by atoms with Gasteiger partial charge in [0, 0.05) is 16.3 Å². The van der Waals surface area contributed by atoms with Gasteiger partial charge in [0.15, 0.2) is 0 Å². The summed E-state index contributed by atoms with van der Waals surface area (Å²) in [6, 6.07) is 11.8. The molecule has 0 atom stereocenters. The monoisotopic (exact) mass is 333 g/mol. The number of methoxy groups -OCH3 is 1. The largest absolute Gasteiger partial charge is 0.507 e. The molecule has 0 aliphatic rings. The van der Waals surface area contributed by atoms with Crippen LogP contribution in [0.3, 0.4) is 0 Å². The topological polar surface area (TPSA) is 83.0 Å². The Morgan fingerprint density at radius 3 is 2.91 bits per heavy atom. The zero-order chi connectivity index (χ0) is 16.7. The first-order valence-corrected chi connectivity index (χ1v) is 7.14. The number of anilines is 1. The van der Waals surface area contributed by atoms with Gasteiger partial charge >= 0.3 is 0 Å². The van der Waals surface area contributed by atoms with E-state index < -0.39 is 0 Å². The van der Waals surface area contributed by atoms with E-state index in [1.807, 2.05) is 0 Å². The molecule has 7 heteroatoms. The van der Waals surface area contributed by atoms with E-state index in [0.717, 1.165) is 5.69 Å². The van der Waals surface area contributed by atoms with E-state index in [1.54, 1.807) is 36.4 Å². The van der Waals surface area contributed by atoms with Gasteiger partial charge in [0.25, 0.3) is 5.91 Å². The Morgan fingerprint density at radius 1 is 1.35 bits per heavy atom. The number of halogens is 1. The first kappa shape index (κ1) is 16.6. The summed E-state index contributed by atoms with van der Waals surface area (Å²) in [6.07, 6.45) is 1.34. The predicted molar refractivity (Wildman–Crippen MR) is 90.3 cm³/mol. The summed E-state index contributed by atoms with van der Waals surface area (Å²) in [6.45, 7) is 0.0434. The first-order valence-electron chi connectivity index (χ1n) is 6.77. The SMILES string of the molecule is COc1ccc(O)c(/C=N\NC(=O)CNc2cccc(Cl)c2)c1. The summed E-state index contributed by atoms with van der Waals surface area (Å²) >= 11 is 5.85. The highest BCUT2D eigenvalue weighted by atomic mass is 35.5. The lowest BCUT2D eigenvalue weighted by Gasteiger charge is -2.05. The molecular formula is C16H16ClN3O3. The van der Waals surface area contributed by atoms with Crippen LogP contribution in [0.25, 0.3) is 0 Å². The number of carbonyl (C=O) groups is 1. The van der Waals surface area contributed by atoms with Crippen molar-refractivity contribution in [2.24, 2.45) is 5.10 Å². The van der Waals surface area contributed by atoms with Gasteiger partial charge in [-0.05, 0) is 36.4 Å². The third-order valence-corrected chi connectivity index (χ3v) is 3.14. The molecule has 0 unspecified atom stereocenters. The number of hydrazone groups is 1. The Labute approximate surface area is 138 Å². The van der Waals surface area contributed by atoms with Gasteiger partial charge in [-0.25, -0.2) is 5.43 Å². The molecule has 120 valence electrons. The second-order valence-electron chi connectivity index (χ2n) is 4.58. The molecule has 0 heterocycles. The van der Waals surface area contributed by atoms with Gasteiger partial charge in [-0.2, -0.15) is 5.10 Å². The van der Waals surface area contributed by atoms with Crippen molar-refractivity contribution < 1.29 is 14.6 Å². The molecule has 0 aliphatic heterocycles. The number of phenolic OH excluding ortho intramolecular Hbond substituents is 1. The van der Waals surface area contributed by atoms with Crippen LogP contribution in [-0.4, -0.2) is 30.9 Å². The van der Waals surface area contributed by atoms with E-state index >= 15 is 0 Å². The number of hydrogen-bond acceptors (Lipinski definition) is 5. The number of phenols is 1. The van der Waals surface area contributed by atoms with Gasteiger partial charge in [0.05, 0.1) is 19.9 Å². The van der Waals surface area contributed by atoms with Crippen LogP contribution in [-0.2, 0) is 4.79 Å². The van der Waals surface area contributed by atoms with E-state index in [0.29, 0.717) is 16.3 Å². The van der Waals surface area contributed by atoms with Crippen molar-refractivity contribution in [2.75, 3.05) is 19.0 Å². The third-order valence-electron chi connectivity index (χ3n) is 2.91. The minimum Gasteiger partial charge on any atom is -0.507 e. The van der Waals surface area contributed by atoms with E-state index in [-0.39, 0.29) is 18.2 Å². The lowest BCUT2D eigenvalue weighted by molar-refractivity contribution is -0.119. The van der Waals surface area contributed by atoms with Gasteiger partial charge < -0.3 is 15.2 Å². The molecular weight excluding hydrogens is 318 g/mol. The standard InChI is InChI=1S/C16H16ClN3O3/c1-23-14-5-6-15(21)11(7-14)9-19-20-16(22)10-18-13-4-2-3-12(17)8-13/h2-9,18,21H,10H2,1H3,(H,20,22)/b19-9-. The Kier molecular flexibility index (Phi) is 5.82. The van der Waals surface area contributed by atoms with Crippen LogP contribution in [0.4, 0.5) is 5.69 Å². The molecule has 0 aliphatic carbocycles. The maximum absolute atomic E-state index is 11.7. The number of amides is 1. The summed E-state index contributed by atoms with van der Waals surface area (Å²) in [4.78, 5) is 11.7. The normalized spacial score (nSPS) is 10.5. The van der Waals surface area contributed by atoms with Crippen molar-refractivity contribution in [3.63, 3.8) is 0 Å². The van der Waals surface area contributed by atoms with Gasteiger partial charge in [0.2, 0.25) is 0 Å². The summed E-state index contributed by atoms with van der Waals surface area (Å²) < 4.78 is 5.05. The fourth-order valence-corrected chi connectivity index (χ4v) is 1.95. The zero-order valence-electron chi connectivity index (χ0n) is 12.4. The van der Waals surface area contributed by atoms with Crippen molar-refractivity contribution in [1.29, 1.82) is 0 Å². The maximum atomic E-state index is 11.7. The number of rotatable bonds is 6. The highest BCUT2D eigenvalue weighted by Crippen LogP contribution is 2.20. The van der Waals surface area contributed by atoms with Crippen LogP contribution in [0.15, 0.2) is 47.6 Å². The number of benzene rings is 2. The van der Waals surface area contributed by atoms with Crippen molar-refractivity contribution in [1.82, 2.24) is 5.43 Å². The number of ether oxygens (including phenoxy) is 1. The average molecular weight is 334 g/mol. The van der Waals surface area contributed by atoms with Crippen LogP contribution < -0.4 is 15.5 Å². The summed E-state index contributed by atoms with van der Waals surface area (Å²) in [5, 5.41) is 17.0. The van der Waals surface area contributed by atoms with Crippen LogP contribution in [0.1, 0.15) is 5.56 Å². The second-order valence-corrected chi connectivity index (χ2v) is 5.02. The van der Waals surface area contributed by atoms with Crippen LogP contribution in [0.2, 0.25) is 5.02 Å². The molecule has 2 aromatic carbocycles. The van der Waals surface area contributed by atoms with Gasteiger partial charge in [-0.15, -0.1) is 0 Å². The fourth-order valence-electron chi connectivity index (χ4n) is 1.76. The quantitative estimate of drug-likeness (QED) is 0.560. The van der Waals surface area contributed by atoms with Gasteiger partial charge in [-0.3, -0.25) is 4.79 Å². The molecule has 0 saturated carbocycles. The van der Waals surface area contributed by atoms with Gasteiger partial charge in [0.1, 0.15) is 11.5 Å². The fraction of sp³-hybridized carbons (Fsp3) is 0.125. The number of nitrogens with one attached hydrogen (secondary N) is 2. The first-order chi connectivity index (χ1) is 11.1. The average Bonchev–Trinajstić information content (AvgIpc) is 2.55. The van der Waals surface area contributed by atoms with Crippen molar-refractivity contribution >= 4 is 29.4 Å². The summed E-state index contributed by atoms with van der Waals surface area (Å²) in [5.74, 6) is 0.294. The number of hydrogen-bond donors (Lipinski definition) is 3. The van der Waals surface area contributed by atoms with Gasteiger partial charge in [-0.1, -0.05) is 17.7 Å². The Hall–Kier alpha value is -2.73. The minimum absolute atomic E-state index is 0.0425. The lowest BCUT2D eigenvalue weighted by atomic mass is 10.2. The van der Waals surface area contributed by atoms with Crippen molar-refractivity contribution in [2.45, 2.75) is 0 Å². The molecule has 0 aromatic heterocycles. The molecule has 0 bridgehead atoms. The minimum atomic E-state index is -0.330. The third kappa shape index (κ3) is 5.19. The molecule has 0 saturated heterocycles. The molecule has 0 fully saturated rings. The van der Waals surface area contributed by atoms with E-state index in [4.69, 9.17) is 16.3 Å². The Bertz CT molecular complexity index is 719. The highest BCUT2D eigenvalue weighted by Gasteiger charge is 2.02. The molecule has 0 radical (unpaired) electrons. The smallest absolute Gasteiger partial charge is 0.259 e. The Morgan fingerprint density at radius 2 is 2.17 bits per heavy atom. The highest BCUT2D eigenvalue weighted by molar-refractivity contribution is 6.30. The van der Waals surface area contributed by atoms with E-state index in [1.165, 1.54) is 19.4 Å². The second kappa shape index (κ2) is 8.05. The molecule has 2 rings (SSSR count). The molecule has 0 spiro atoms. The van der Waals surface area contributed by atoms with Crippen LogP contribution in [0.5, 0.6) is 11.5 Å². The predicted octanol–water partition coefficient (Wildman–Crippen LogP) is 2.62. The van der Waals surface area contributed by atoms with Crippen LogP contribution in [0, 0.1) is 0 Å². The lowest BCUT2D eigenvalue weighted by Crippen LogP contribution is -2.25. The molecule has 23 heavy (non-hydrogen) atoms. The zero-order valence-corrected chi connectivity index (χ0v) is 13.2. The number of aromatic hydroxyl groups is 1. The van der Waals surface area contributed by atoms with Crippen LogP contribution >= 0.6 is 11.6 Å². The summed E-state index contributed by atoms with van der Waals surface area (Å²) in [5.41, 5.74) is 3.54. The van der Waals surface area contributed by atoms with Crippen molar-refractivity contribution in [3.8, 4) is 11.5 Å². The molecule has 6 nitrogen and oxygen atoms in total.